The van der Waals surface area contributed by atoms with E-state index in [9.17, 15) is 4.79 Å². The first-order chi connectivity index (χ1) is 12.6. The van der Waals surface area contributed by atoms with Crippen molar-refractivity contribution in [2.24, 2.45) is 0 Å². The number of hydrogen-bond acceptors (Lipinski definition) is 3. The van der Waals surface area contributed by atoms with E-state index in [1.165, 1.54) is 5.56 Å². The average Bonchev–Trinajstić information content (AvgIpc) is 2.97. The van der Waals surface area contributed by atoms with Crippen LogP contribution in [0.3, 0.4) is 0 Å². The molecule has 0 spiro atoms. The molecule has 0 aliphatic carbocycles. The SMILES string of the molecule is CCCCOc1ccc2oc(C)c(C(=O)Nc3ccc(CC)cc3)c2c1. The lowest BCUT2D eigenvalue weighted by molar-refractivity contribution is 0.102. The van der Waals surface area contributed by atoms with Crippen molar-refractivity contribution in [3.05, 3.63) is 59.4 Å². The molecule has 0 saturated carbocycles. The average molecular weight is 351 g/mol. The lowest BCUT2D eigenvalue weighted by Crippen LogP contribution is -2.12. The minimum absolute atomic E-state index is 0.170. The molecule has 1 amide bonds. The van der Waals surface area contributed by atoms with Crippen LogP contribution in [0.15, 0.2) is 46.9 Å². The zero-order valence-corrected chi connectivity index (χ0v) is 15.6. The van der Waals surface area contributed by atoms with Crippen LogP contribution in [0, 0.1) is 6.92 Å². The van der Waals surface area contributed by atoms with E-state index >= 15 is 0 Å². The van der Waals surface area contributed by atoms with E-state index in [2.05, 4.69) is 19.2 Å². The first-order valence-corrected chi connectivity index (χ1v) is 9.18. The molecule has 2 aromatic carbocycles. The fourth-order valence-electron chi connectivity index (χ4n) is 2.92. The summed E-state index contributed by atoms with van der Waals surface area (Å²) < 4.78 is 11.5. The highest BCUT2D eigenvalue weighted by molar-refractivity contribution is 6.13. The molecule has 0 aliphatic heterocycles. The minimum Gasteiger partial charge on any atom is -0.494 e. The van der Waals surface area contributed by atoms with Crippen LogP contribution in [0.2, 0.25) is 0 Å². The Kier molecular flexibility index (Phi) is 5.61. The van der Waals surface area contributed by atoms with Crippen LogP contribution in [0.5, 0.6) is 5.75 Å². The highest BCUT2D eigenvalue weighted by Crippen LogP contribution is 2.30. The van der Waals surface area contributed by atoms with Crippen molar-refractivity contribution in [1.29, 1.82) is 0 Å². The van der Waals surface area contributed by atoms with E-state index in [1.807, 2.05) is 49.4 Å². The number of fused-ring (bicyclic) bond motifs is 1. The van der Waals surface area contributed by atoms with Gasteiger partial charge in [0.25, 0.3) is 5.91 Å². The normalized spacial score (nSPS) is 10.9. The third-order valence-electron chi connectivity index (χ3n) is 4.45. The molecule has 0 fully saturated rings. The van der Waals surface area contributed by atoms with Crippen molar-refractivity contribution in [3.63, 3.8) is 0 Å². The van der Waals surface area contributed by atoms with Crippen molar-refractivity contribution < 1.29 is 13.9 Å². The van der Waals surface area contributed by atoms with Crippen molar-refractivity contribution >= 4 is 22.6 Å². The second-order valence-electron chi connectivity index (χ2n) is 6.40. The van der Waals surface area contributed by atoms with Gasteiger partial charge in [0.15, 0.2) is 0 Å². The van der Waals surface area contributed by atoms with Gasteiger partial charge in [-0.05, 0) is 55.7 Å². The molecule has 1 heterocycles. The van der Waals surface area contributed by atoms with Crippen LogP contribution in [0.25, 0.3) is 11.0 Å². The molecule has 0 saturated heterocycles. The van der Waals surface area contributed by atoms with Gasteiger partial charge in [-0.1, -0.05) is 32.4 Å². The molecule has 0 atom stereocenters. The van der Waals surface area contributed by atoms with Gasteiger partial charge in [0, 0.05) is 11.1 Å². The summed E-state index contributed by atoms with van der Waals surface area (Å²) in [6.07, 6.45) is 3.06. The van der Waals surface area contributed by atoms with E-state index in [0.29, 0.717) is 23.5 Å². The maximum atomic E-state index is 12.8. The molecular formula is C22H25NO3. The van der Waals surface area contributed by atoms with Gasteiger partial charge in [-0.15, -0.1) is 0 Å². The highest BCUT2D eigenvalue weighted by atomic mass is 16.5. The van der Waals surface area contributed by atoms with Crippen LogP contribution >= 0.6 is 0 Å². The Morgan fingerprint density at radius 2 is 1.88 bits per heavy atom. The Morgan fingerprint density at radius 3 is 2.58 bits per heavy atom. The molecule has 4 nitrogen and oxygen atoms in total. The third-order valence-corrected chi connectivity index (χ3v) is 4.45. The molecule has 26 heavy (non-hydrogen) atoms. The summed E-state index contributed by atoms with van der Waals surface area (Å²) in [4.78, 5) is 12.8. The Hall–Kier alpha value is -2.75. The number of amides is 1. The number of ether oxygens (including phenoxy) is 1. The van der Waals surface area contributed by atoms with Crippen LogP contribution in [0.1, 0.15) is 48.4 Å². The van der Waals surface area contributed by atoms with Gasteiger partial charge in [0.1, 0.15) is 17.1 Å². The van der Waals surface area contributed by atoms with E-state index in [4.69, 9.17) is 9.15 Å². The van der Waals surface area contributed by atoms with Crippen molar-refractivity contribution in [3.8, 4) is 5.75 Å². The Bertz CT molecular complexity index is 894. The number of rotatable bonds is 7. The number of furan rings is 1. The zero-order chi connectivity index (χ0) is 18.5. The predicted molar refractivity (Wildman–Crippen MR) is 105 cm³/mol. The fraction of sp³-hybridized carbons (Fsp3) is 0.318. The number of anilines is 1. The lowest BCUT2D eigenvalue weighted by Gasteiger charge is -2.07. The second kappa shape index (κ2) is 8.09. The number of benzene rings is 2. The molecule has 1 N–H and O–H groups in total. The van der Waals surface area contributed by atoms with Gasteiger partial charge in [-0.25, -0.2) is 0 Å². The number of carbonyl (C=O) groups is 1. The maximum absolute atomic E-state index is 12.8. The first-order valence-electron chi connectivity index (χ1n) is 9.18. The molecule has 0 aliphatic rings. The summed E-state index contributed by atoms with van der Waals surface area (Å²) in [5.74, 6) is 1.19. The molecule has 136 valence electrons. The first kappa shape index (κ1) is 18.1. The largest absolute Gasteiger partial charge is 0.494 e. The number of carbonyl (C=O) groups excluding carboxylic acids is 1. The summed E-state index contributed by atoms with van der Waals surface area (Å²) in [5, 5.41) is 3.74. The third kappa shape index (κ3) is 3.90. The number of unbranched alkanes of at least 4 members (excludes halogenated alkanes) is 1. The van der Waals surface area contributed by atoms with Gasteiger partial charge in [-0.3, -0.25) is 4.79 Å². The molecule has 0 unspecified atom stereocenters. The molecule has 0 bridgehead atoms. The number of nitrogens with one attached hydrogen (secondary N) is 1. The van der Waals surface area contributed by atoms with Gasteiger partial charge >= 0.3 is 0 Å². The van der Waals surface area contributed by atoms with Gasteiger partial charge in [0.05, 0.1) is 12.2 Å². The van der Waals surface area contributed by atoms with Crippen molar-refractivity contribution in [2.45, 2.75) is 40.0 Å². The van der Waals surface area contributed by atoms with Crippen molar-refractivity contribution in [1.82, 2.24) is 0 Å². The van der Waals surface area contributed by atoms with Gasteiger partial charge in [-0.2, -0.15) is 0 Å². The summed E-state index contributed by atoms with van der Waals surface area (Å²) in [6, 6.07) is 13.5. The van der Waals surface area contributed by atoms with E-state index < -0.39 is 0 Å². The van der Waals surface area contributed by atoms with Gasteiger partial charge < -0.3 is 14.5 Å². The smallest absolute Gasteiger partial charge is 0.259 e. The van der Waals surface area contributed by atoms with Crippen LogP contribution in [-0.2, 0) is 6.42 Å². The number of hydrogen-bond donors (Lipinski definition) is 1. The summed E-state index contributed by atoms with van der Waals surface area (Å²) >= 11 is 0. The summed E-state index contributed by atoms with van der Waals surface area (Å²) in [7, 11) is 0. The lowest BCUT2D eigenvalue weighted by atomic mass is 10.1. The number of aryl methyl sites for hydroxylation is 2. The van der Waals surface area contributed by atoms with Crippen LogP contribution < -0.4 is 10.1 Å². The quantitative estimate of drug-likeness (QED) is 0.553. The van der Waals surface area contributed by atoms with E-state index in [1.54, 1.807) is 0 Å². The predicted octanol–water partition coefficient (Wildman–Crippen LogP) is 5.73. The summed E-state index contributed by atoms with van der Waals surface area (Å²) in [5.41, 5.74) is 3.26. The molecule has 4 heteroatoms. The Labute approximate surface area is 154 Å². The molecule has 0 radical (unpaired) electrons. The standard InChI is InChI=1S/C22H25NO3/c1-4-6-13-25-18-11-12-20-19(14-18)21(15(3)26-20)22(24)23-17-9-7-16(5-2)8-10-17/h7-12,14H,4-6,13H2,1-3H3,(H,23,24). The van der Waals surface area contributed by atoms with E-state index in [0.717, 1.165) is 36.1 Å². The van der Waals surface area contributed by atoms with Crippen molar-refractivity contribution in [2.75, 3.05) is 11.9 Å². The topological polar surface area (TPSA) is 51.5 Å². The van der Waals surface area contributed by atoms with Crippen LogP contribution in [-0.4, -0.2) is 12.5 Å². The zero-order valence-electron chi connectivity index (χ0n) is 15.6. The molecular weight excluding hydrogens is 326 g/mol. The minimum atomic E-state index is -0.170. The van der Waals surface area contributed by atoms with Gasteiger partial charge in [0.2, 0.25) is 0 Å². The fourth-order valence-corrected chi connectivity index (χ4v) is 2.92. The maximum Gasteiger partial charge on any atom is 0.259 e. The molecule has 3 aromatic rings. The Morgan fingerprint density at radius 1 is 1.12 bits per heavy atom. The molecule has 3 rings (SSSR count). The monoisotopic (exact) mass is 351 g/mol. The highest BCUT2D eigenvalue weighted by Gasteiger charge is 2.19. The van der Waals surface area contributed by atoms with E-state index in [-0.39, 0.29) is 5.91 Å². The summed E-state index contributed by atoms with van der Waals surface area (Å²) in [6.45, 7) is 6.72. The second-order valence-corrected chi connectivity index (χ2v) is 6.40. The van der Waals surface area contributed by atoms with Crippen LogP contribution in [0.4, 0.5) is 5.69 Å². The molecule has 1 aromatic heterocycles. The Balaban J connectivity index is 1.85.